The second kappa shape index (κ2) is 14.7. The minimum absolute atomic E-state index is 0.237. The Morgan fingerprint density at radius 3 is 2.22 bits per heavy atom. The molecule has 6 rings (SSSR count). The first-order valence-electron chi connectivity index (χ1n) is 16.6. The van der Waals surface area contributed by atoms with Gasteiger partial charge >= 0.3 is 0 Å². The summed E-state index contributed by atoms with van der Waals surface area (Å²) >= 11 is 12.9. The average Bonchev–Trinajstić information content (AvgIpc) is 3.43. The quantitative estimate of drug-likeness (QED) is 0.165. The Kier molecular flexibility index (Phi) is 10.5. The molecule has 2 aliphatic rings. The fourth-order valence-corrected chi connectivity index (χ4v) is 7.65. The number of piperazine rings is 1. The van der Waals surface area contributed by atoms with Crippen LogP contribution in [0.3, 0.4) is 0 Å². The Labute approximate surface area is 282 Å². The number of carbonyl (C=O) groups is 1. The van der Waals surface area contributed by atoms with E-state index in [9.17, 15) is 10.1 Å². The number of halogens is 2. The van der Waals surface area contributed by atoms with Gasteiger partial charge in [-0.05, 0) is 73.2 Å². The van der Waals surface area contributed by atoms with Gasteiger partial charge < -0.3 is 10.3 Å². The van der Waals surface area contributed by atoms with Crippen molar-refractivity contribution in [3.8, 4) is 17.2 Å². The molecule has 1 aromatic heterocycles. The van der Waals surface area contributed by atoms with Crippen molar-refractivity contribution in [3.63, 3.8) is 0 Å². The fraction of sp³-hybridized carbons (Fsp3) is 0.421. The molecule has 2 fully saturated rings. The second-order valence-corrected chi connectivity index (χ2v) is 13.9. The van der Waals surface area contributed by atoms with Crippen molar-refractivity contribution in [2.45, 2.75) is 76.5 Å². The normalized spacial score (nSPS) is 17.3. The Hall–Kier alpha value is -3.18. The van der Waals surface area contributed by atoms with Crippen LogP contribution in [0.25, 0.3) is 22.0 Å². The molecule has 0 spiro atoms. The summed E-state index contributed by atoms with van der Waals surface area (Å²) in [5.41, 5.74) is 12.3. The highest BCUT2D eigenvalue weighted by molar-refractivity contribution is 6.36. The number of unbranched alkanes of at least 4 members (excludes halogenated alkanes) is 1. The van der Waals surface area contributed by atoms with E-state index in [1.807, 2.05) is 42.5 Å². The SMILES string of the molecule is N#Cc1ccc(-c2cn(CCCCC(=O)C3(N)CCCCC3)c3ccc(CN4CCN(Cc5c(Cl)cccc5Cl)CC4)cc23)cc1. The molecule has 8 heteroatoms. The smallest absolute Gasteiger partial charge is 0.152 e. The lowest BCUT2D eigenvalue weighted by molar-refractivity contribution is -0.125. The summed E-state index contributed by atoms with van der Waals surface area (Å²) in [6, 6.07) is 22.6. The van der Waals surface area contributed by atoms with Gasteiger partial charge in [-0.3, -0.25) is 14.6 Å². The number of nitrogens with zero attached hydrogens (tertiary/aromatic N) is 4. The number of fused-ring (bicyclic) bond motifs is 1. The zero-order valence-corrected chi connectivity index (χ0v) is 28.0. The number of carbonyl (C=O) groups excluding carboxylic acids is 1. The van der Waals surface area contributed by atoms with E-state index in [2.05, 4.69) is 44.8 Å². The van der Waals surface area contributed by atoms with Gasteiger partial charge in [0.15, 0.2) is 5.78 Å². The number of rotatable bonds is 11. The molecule has 2 heterocycles. The average molecular weight is 657 g/mol. The number of Topliss-reactive ketones (excluding diaryl/α,β-unsaturated/α-hetero) is 1. The van der Waals surface area contributed by atoms with Crippen LogP contribution in [-0.2, 0) is 24.4 Å². The van der Waals surface area contributed by atoms with Gasteiger partial charge in [0.05, 0.1) is 17.2 Å². The molecule has 240 valence electrons. The molecule has 1 saturated heterocycles. The van der Waals surface area contributed by atoms with Crippen LogP contribution in [0.2, 0.25) is 10.0 Å². The van der Waals surface area contributed by atoms with Crippen LogP contribution < -0.4 is 5.73 Å². The summed E-state index contributed by atoms with van der Waals surface area (Å²) in [6.07, 6.45) is 9.53. The topological polar surface area (TPSA) is 78.3 Å². The highest BCUT2D eigenvalue weighted by Gasteiger charge is 2.34. The van der Waals surface area contributed by atoms with Crippen molar-refractivity contribution in [2.75, 3.05) is 26.2 Å². The summed E-state index contributed by atoms with van der Waals surface area (Å²) in [7, 11) is 0. The molecule has 0 bridgehead atoms. The van der Waals surface area contributed by atoms with E-state index in [-0.39, 0.29) is 5.78 Å². The summed E-state index contributed by atoms with van der Waals surface area (Å²) in [6.45, 7) is 6.38. The standard InChI is InChI=1S/C38H43Cl2N5O/c39-34-7-6-8-35(40)33(34)26-44-21-19-43(20-22-44)25-29-12-15-36-31(23-29)32(30-13-10-28(24-41)11-14-30)27-45(36)18-5-2-9-37(46)38(42)16-3-1-4-17-38/h6-8,10-15,23,27H,1-5,9,16-22,25-26,42H2. The molecular weight excluding hydrogens is 613 g/mol. The molecule has 46 heavy (non-hydrogen) atoms. The van der Waals surface area contributed by atoms with Gasteiger partial charge in [0.2, 0.25) is 0 Å². The molecule has 0 radical (unpaired) electrons. The van der Waals surface area contributed by atoms with Crippen molar-refractivity contribution >= 4 is 39.9 Å². The Balaban J connectivity index is 1.13. The lowest BCUT2D eigenvalue weighted by Crippen LogP contribution is -2.49. The summed E-state index contributed by atoms with van der Waals surface area (Å²) < 4.78 is 2.33. The van der Waals surface area contributed by atoms with E-state index in [0.29, 0.717) is 12.0 Å². The monoisotopic (exact) mass is 655 g/mol. The lowest BCUT2D eigenvalue weighted by Gasteiger charge is -2.35. The number of aryl methyl sites for hydroxylation is 1. The fourth-order valence-electron chi connectivity index (χ4n) is 7.13. The predicted octanol–water partition coefficient (Wildman–Crippen LogP) is 8.21. The van der Waals surface area contributed by atoms with Crippen LogP contribution in [-0.4, -0.2) is 51.9 Å². The first kappa shape index (κ1) is 32.7. The summed E-state index contributed by atoms with van der Waals surface area (Å²) in [4.78, 5) is 17.9. The third-order valence-corrected chi connectivity index (χ3v) is 10.6. The molecule has 0 atom stereocenters. The molecule has 2 N–H and O–H groups in total. The van der Waals surface area contributed by atoms with E-state index in [0.717, 1.165) is 106 Å². The highest BCUT2D eigenvalue weighted by atomic mass is 35.5. The Morgan fingerprint density at radius 1 is 0.870 bits per heavy atom. The molecule has 4 aromatic rings. The van der Waals surface area contributed by atoms with Crippen molar-refractivity contribution in [3.05, 3.63) is 93.6 Å². The highest BCUT2D eigenvalue weighted by Crippen LogP contribution is 2.33. The number of nitrogens with two attached hydrogens (primary N) is 1. The van der Waals surface area contributed by atoms with Crippen LogP contribution >= 0.6 is 23.2 Å². The predicted molar refractivity (Wildman–Crippen MR) is 188 cm³/mol. The summed E-state index contributed by atoms with van der Waals surface area (Å²) in [5.74, 6) is 0.237. The van der Waals surface area contributed by atoms with Gasteiger partial charge in [0.1, 0.15) is 0 Å². The number of benzene rings is 3. The van der Waals surface area contributed by atoms with Gasteiger partial charge in [-0.1, -0.05) is 66.7 Å². The van der Waals surface area contributed by atoms with Crippen molar-refractivity contribution in [1.82, 2.24) is 14.4 Å². The zero-order chi connectivity index (χ0) is 32.1. The first-order chi connectivity index (χ1) is 22.3. The van der Waals surface area contributed by atoms with Crippen LogP contribution in [0.15, 0.2) is 66.9 Å². The molecular formula is C38H43Cl2N5O. The maximum atomic E-state index is 12.9. The molecule has 1 saturated carbocycles. The number of hydrogen-bond donors (Lipinski definition) is 1. The largest absolute Gasteiger partial charge is 0.347 e. The summed E-state index contributed by atoms with van der Waals surface area (Å²) in [5, 5.41) is 12.0. The molecule has 3 aromatic carbocycles. The minimum Gasteiger partial charge on any atom is -0.347 e. The van der Waals surface area contributed by atoms with E-state index in [4.69, 9.17) is 28.9 Å². The number of aromatic nitrogens is 1. The van der Waals surface area contributed by atoms with Gasteiger partial charge in [-0.25, -0.2) is 0 Å². The van der Waals surface area contributed by atoms with Gasteiger partial charge in [-0.15, -0.1) is 0 Å². The van der Waals surface area contributed by atoms with E-state index >= 15 is 0 Å². The maximum absolute atomic E-state index is 12.9. The van der Waals surface area contributed by atoms with Crippen LogP contribution in [0.1, 0.15) is 68.1 Å². The number of ketones is 1. The third-order valence-electron chi connectivity index (χ3n) is 9.94. The minimum atomic E-state index is -0.604. The van der Waals surface area contributed by atoms with Crippen molar-refractivity contribution in [2.24, 2.45) is 5.73 Å². The Morgan fingerprint density at radius 2 is 1.54 bits per heavy atom. The molecule has 1 aliphatic carbocycles. The third kappa shape index (κ3) is 7.51. The van der Waals surface area contributed by atoms with Crippen LogP contribution in [0, 0.1) is 11.3 Å². The first-order valence-corrected chi connectivity index (χ1v) is 17.4. The number of hydrogen-bond acceptors (Lipinski definition) is 5. The molecule has 1 aliphatic heterocycles. The van der Waals surface area contributed by atoms with E-state index in [1.165, 1.54) is 28.5 Å². The molecule has 0 unspecified atom stereocenters. The van der Waals surface area contributed by atoms with Gasteiger partial charge in [0, 0.05) is 90.5 Å². The van der Waals surface area contributed by atoms with E-state index < -0.39 is 5.54 Å². The lowest BCUT2D eigenvalue weighted by atomic mass is 9.78. The van der Waals surface area contributed by atoms with Gasteiger partial charge in [-0.2, -0.15) is 5.26 Å². The molecule has 0 amide bonds. The van der Waals surface area contributed by atoms with Crippen LogP contribution in [0.4, 0.5) is 0 Å². The van der Waals surface area contributed by atoms with Crippen molar-refractivity contribution in [1.29, 1.82) is 5.26 Å². The second-order valence-electron chi connectivity index (χ2n) is 13.1. The Bertz CT molecular complexity index is 1690. The molecule has 6 nitrogen and oxygen atoms in total. The maximum Gasteiger partial charge on any atom is 0.152 e. The zero-order valence-electron chi connectivity index (χ0n) is 26.5. The van der Waals surface area contributed by atoms with Gasteiger partial charge in [0.25, 0.3) is 0 Å². The van der Waals surface area contributed by atoms with E-state index in [1.54, 1.807) is 0 Å². The van der Waals surface area contributed by atoms with Crippen molar-refractivity contribution < 1.29 is 4.79 Å². The van der Waals surface area contributed by atoms with Crippen LogP contribution in [0.5, 0.6) is 0 Å². The number of nitriles is 1.